The number of nitrogens with one attached hydrogen (secondary N) is 1. The molecule has 1 aliphatic carbocycles. The van der Waals surface area contributed by atoms with Gasteiger partial charge in [-0.1, -0.05) is 26.7 Å². The van der Waals surface area contributed by atoms with Gasteiger partial charge in [0, 0.05) is 6.42 Å². The summed E-state index contributed by atoms with van der Waals surface area (Å²) >= 11 is 0. The number of hydrogen-bond acceptors (Lipinski definition) is 2. The van der Waals surface area contributed by atoms with Crippen molar-refractivity contribution >= 4 is 0 Å². The van der Waals surface area contributed by atoms with E-state index in [1.165, 1.54) is 32.1 Å². The molecule has 0 amide bonds. The Balaban J connectivity index is 1.91. The third-order valence-electron chi connectivity index (χ3n) is 3.58. The second-order valence-corrected chi connectivity index (χ2v) is 5.19. The molecule has 1 unspecified atom stereocenters. The van der Waals surface area contributed by atoms with E-state index in [0.29, 0.717) is 6.04 Å². The van der Waals surface area contributed by atoms with Crippen LogP contribution < -0.4 is 5.32 Å². The van der Waals surface area contributed by atoms with Crippen LogP contribution in [0.4, 0.5) is 0 Å². The molecule has 1 aromatic rings. The minimum absolute atomic E-state index is 0.427. The Labute approximate surface area is 105 Å². The Kier molecular flexibility index (Phi) is 4.66. The minimum Gasteiger partial charge on any atom is -0.464 e. The van der Waals surface area contributed by atoms with E-state index < -0.39 is 0 Å². The Morgan fingerprint density at radius 2 is 2.18 bits per heavy atom. The number of aryl methyl sites for hydroxylation is 1. The monoisotopic (exact) mass is 235 g/mol. The minimum atomic E-state index is 0.427. The second kappa shape index (κ2) is 6.25. The summed E-state index contributed by atoms with van der Waals surface area (Å²) in [7, 11) is 0. The number of furan rings is 1. The third kappa shape index (κ3) is 3.88. The summed E-state index contributed by atoms with van der Waals surface area (Å²) in [5.41, 5.74) is 0. The van der Waals surface area contributed by atoms with E-state index in [-0.39, 0.29) is 0 Å². The largest absolute Gasteiger partial charge is 0.464 e. The highest BCUT2D eigenvalue weighted by molar-refractivity contribution is 5.11. The first-order valence-electron chi connectivity index (χ1n) is 7.15. The van der Waals surface area contributed by atoms with Gasteiger partial charge < -0.3 is 9.73 Å². The summed E-state index contributed by atoms with van der Waals surface area (Å²) in [5, 5.41) is 3.61. The van der Waals surface area contributed by atoms with Crippen LogP contribution in [0.1, 0.15) is 63.5 Å². The first-order valence-corrected chi connectivity index (χ1v) is 7.15. The van der Waals surface area contributed by atoms with Gasteiger partial charge in [-0.2, -0.15) is 0 Å². The van der Waals surface area contributed by atoms with Crippen molar-refractivity contribution in [1.82, 2.24) is 5.32 Å². The van der Waals surface area contributed by atoms with E-state index in [4.69, 9.17) is 4.42 Å². The summed E-state index contributed by atoms with van der Waals surface area (Å²) in [5.74, 6) is 3.24. The lowest BCUT2D eigenvalue weighted by molar-refractivity contribution is 0.370. The van der Waals surface area contributed by atoms with Crippen LogP contribution in [0.25, 0.3) is 0 Å². The quantitative estimate of drug-likeness (QED) is 0.734. The van der Waals surface area contributed by atoms with E-state index in [1.807, 2.05) is 0 Å². The highest BCUT2D eigenvalue weighted by Gasteiger charge is 2.24. The van der Waals surface area contributed by atoms with Crippen LogP contribution in [0.15, 0.2) is 16.5 Å². The molecule has 0 spiro atoms. The lowest BCUT2D eigenvalue weighted by Crippen LogP contribution is -2.21. The summed E-state index contributed by atoms with van der Waals surface area (Å²) in [6.07, 6.45) is 7.63. The molecule has 1 saturated carbocycles. The fourth-order valence-corrected chi connectivity index (χ4v) is 2.24. The molecular formula is C15H25NO. The Hall–Kier alpha value is -0.760. The third-order valence-corrected chi connectivity index (χ3v) is 3.58. The van der Waals surface area contributed by atoms with Gasteiger partial charge in [0.05, 0.1) is 6.04 Å². The van der Waals surface area contributed by atoms with Crippen LogP contribution in [0, 0.1) is 5.92 Å². The Morgan fingerprint density at radius 3 is 2.76 bits per heavy atom. The molecule has 0 aromatic carbocycles. The van der Waals surface area contributed by atoms with Crippen LogP contribution in [0.2, 0.25) is 0 Å². The molecule has 1 fully saturated rings. The van der Waals surface area contributed by atoms with Crippen LogP contribution in [0.3, 0.4) is 0 Å². The summed E-state index contributed by atoms with van der Waals surface area (Å²) in [4.78, 5) is 0. The normalized spacial score (nSPS) is 17.3. The maximum atomic E-state index is 5.88. The zero-order valence-corrected chi connectivity index (χ0v) is 11.2. The summed E-state index contributed by atoms with van der Waals surface area (Å²) in [6.45, 7) is 5.43. The van der Waals surface area contributed by atoms with Crippen molar-refractivity contribution in [3.05, 3.63) is 23.7 Å². The Morgan fingerprint density at radius 1 is 1.35 bits per heavy atom. The molecule has 2 heteroatoms. The van der Waals surface area contributed by atoms with E-state index >= 15 is 0 Å². The summed E-state index contributed by atoms with van der Waals surface area (Å²) < 4.78 is 5.88. The average molecular weight is 235 g/mol. The first-order chi connectivity index (χ1) is 8.33. The van der Waals surface area contributed by atoms with Gasteiger partial charge in [-0.25, -0.2) is 0 Å². The van der Waals surface area contributed by atoms with Crippen molar-refractivity contribution in [2.24, 2.45) is 5.92 Å². The Bertz CT molecular complexity index is 327. The molecule has 2 nitrogen and oxygen atoms in total. The smallest absolute Gasteiger partial charge is 0.121 e. The van der Waals surface area contributed by atoms with Gasteiger partial charge in [0.2, 0.25) is 0 Å². The molecular weight excluding hydrogens is 210 g/mol. The molecule has 1 atom stereocenters. The lowest BCUT2D eigenvalue weighted by atomic mass is 10.1. The van der Waals surface area contributed by atoms with Crippen molar-refractivity contribution in [3.8, 4) is 0 Å². The molecule has 1 aliphatic rings. The van der Waals surface area contributed by atoms with Crippen LogP contribution in [-0.2, 0) is 6.42 Å². The standard InChI is InChI=1S/C15H25NO/c1-3-11-16-14(9-7-12-5-6-12)15-10-8-13(4-2)17-15/h8,10,12,14,16H,3-7,9,11H2,1-2H3. The van der Waals surface area contributed by atoms with Crippen LogP contribution >= 0.6 is 0 Å². The van der Waals surface area contributed by atoms with E-state index in [1.54, 1.807) is 0 Å². The molecule has 0 aliphatic heterocycles. The zero-order chi connectivity index (χ0) is 12.1. The predicted octanol–water partition coefficient (Wildman–Crippen LogP) is 4.07. The van der Waals surface area contributed by atoms with Crippen molar-refractivity contribution < 1.29 is 4.42 Å². The topological polar surface area (TPSA) is 25.2 Å². The molecule has 0 saturated heterocycles. The summed E-state index contributed by atoms with van der Waals surface area (Å²) in [6, 6.07) is 4.70. The predicted molar refractivity (Wildman–Crippen MR) is 71.1 cm³/mol. The molecule has 1 N–H and O–H groups in total. The molecule has 0 radical (unpaired) electrons. The van der Waals surface area contributed by atoms with Gasteiger partial charge in [0.25, 0.3) is 0 Å². The maximum absolute atomic E-state index is 5.88. The molecule has 17 heavy (non-hydrogen) atoms. The number of rotatable bonds is 8. The number of hydrogen-bond donors (Lipinski definition) is 1. The van der Waals surface area contributed by atoms with Gasteiger partial charge >= 0.3 is 0 Å². The van der Waals surface area contributed by atoms with Crippen LogP contribution in [-0.4, -0.2) is 6.54 Å². The molecule has 96 valence electrons. The van der Waals surface area contributed by atoms with Crippen LogP contribution in [0.5, 0.6) is 0 Å². The van der Waals surface area contributed by atoms with Crippen molar-refractivity contribution in [2.45, 2.75) is 58.4 Å². The van der Waals surface area contributed by atoms with Crippen molar-refractivity contribution in [1.29, 1.82) is 0 Å². The zero-order valence-electron chi connectivity index (χ0n) is 11.2. The maximum Gasteiger partial charge on any atom is 0.121 e. The van der Waals surface area contributed by atoms with Gasteiger partial charge in [-0.3, -0.25) is 0 Å². The molecule has 1 aromatic heterocycles. The van der Waals surface area contributed by atoms with Gasteiger partial charge in [-0.15, -0.1) is 0 Å². The van der Waals surface area contributed by atoms with E-state index in [2.05, 4.69) is 31.3 Å². The molecule has 0 bridgehead atoms. The van der Waals surface area contributed by atoms with E-state index in [0.717, 1.165) is 30.4 Å². The van der Waals surface area contributed by atoms with Crippen molar-refractivity contribution in [2.75, 3.05) is 6.54 Å². The van der Waals surface area contributed by atoms with E-state index in [9.17, 15) is 0 Å². The SMILES string of the molecule is CCCNC(CCC1CC1)c1ccc(CC)o1. The fourth-order valence-electron chi connectivity index (χ4n) is 2.24. The lowest BCUT2D eigenvalue weighted by Gasteiger charge is -2.16. The average Bonchev–Trinajstić information content (AvgIpc) is 3.05. The fraction of sp³-hybridized carbons (Fsp3) is 0.733. The van der Waals surface area contributed by atoms with Crippen molar-refractivity contribution in [3.63, 3.8) is 0 Å². The van der Waals surface area contributed by atoms with Gasteiger partial charge in [0.1, 0.15) is 11.5 Å². The highest BCUT2D eigenvalue weighted by Crippen LogP contribution is 2.36. The molecule has 2 rings (SSSR count). The molecule has 1 heterocycles. The second-order valence-electron chi connectivity index (χ2n) is 5.19. The first kappa shape index (κ1) is 12.7. The van der Waals surface area contributed by atoms with Gasteiger partial charge in [-0.05, 0) is 43.9 Å². The van der Waals surface area contributed by atoms with Gasteiger partial charge in [0.15, 0.2) is 0 Å². The highest BCUT2D eigenvalue weighted by atomic mass is 16.3.